The zero-order valence-corrected chi connectivity index (χ0v) is 18.2. The van der Waals surface area contributed by atoms with E-state index in [1.165, 1.54) is 0 Å². The molecule has 0 unspecified atom stereocenters. The summed E-state index contributed by atoms with van der Waals surface area (Å²) < 4.78 is 5.93. The highest BCUT2D eigenvalue weighted by Crippen LogP contribution is 2.26. The molecule has 29 heavy (non-hydrogen) atoms. The average Bonchev–Trinajstić information content (AvgIpc) is 2.74. The first-order valence-corrected chi connectivity index (χ1v) is 10.3. The molecule has 1 amide bonds. The molecule has 0 heterocycles. The lowest BCUT2D eigenvalue weighted by atomic mass is 10.1. The van der Waals surface area contributed by atoms with Gasteiger partial charge in [-0.3, -0.25) is 9.79 Å². The molecule has 0 spiro atoms. The first-order valence-electron chi connectivity index (χ1n) is 10.3. The van der Waals surface area contributed by atoms with Gasteiger partial charge in [-0.15, -0.1) is 0 Å². The van der Waals surface area contributed by atoms with Gasteiger partial charge in [0, 0.05) is 18.8 Å². The van der Waals surface area contributed by atoms with Gasteiger partial charge < -0.3 is 9.64 Å². The molecule has 0 atom stereocenters. The van der Waals surface area contributed by atoms with Crippen LogP contribution in [0.5, 0.6) is 11.5 Å². The number of benzene rings is 2. The van der Waals surface area contributed by atoms with Crippen molar-refractivity contribution in [2.24, 2.45) is 4.99 Å². The Labute approximate surface area is 174 Å². The normalized spacial score (nSPS) is 12.4. The average molecular weight is 393 g/mol. The number of nitrogens with zero attached hydrogens (tertiary/aromatic N) is 2. The zero-order valence-electron chi connectivity index (χ0n) is 18.2. The molecule has 0 radical (unpaired) electrons. The van der Waals surface area contributed by atoms with Crippen LogP contribution in [0.2, 0.25) is 0 Å². The Balaban J connectivity index is 2.20. The van der Waals surface area contributed by atoms with E-state index in [0.29, 0.717) is 12.3 Å². The summed E-state index contributed by atoms with van der Waals surface area (Å²) in [6.07, 6.45) is 2.08. The summed E-state index contributed by atoms with van der Waals surface area (Å²) in [6, 6.07) is 17.6. The maximum atomic E-state index is 12.7. The number of amides is 1. The van der Waals surface area contributed by atoms with E-state index in [1.807, 2.05) is 80.3 Å². The maximum Gasteiger partial charge on any atom is 0.267 e. The molecule has 0 aromatic heterocycles. The van der Waals surface area contributed by atoms with Gasteiger partial charge >= 0.3 is 0 Å². The minimum atomic E-state index is 0.00858. The van der Waals surface area contributed by atoms with Crippen LogP contribution >= 0.6 is 0 Å². The van der Waals surface area contributed by atoms with Gasteiger partial charge in [0.15, 0.2) is 0 Å². The van der Waals surface area contributed by atoms with Crippen LogP contribution in [-0.2, 0) is 4.79 Å². The van der Waals surface area contributed by atoms with Gasteiger partial charge in [0.05, 0.1) is 0 Å². The summed E-state index contributed by atoms with van der Waals surface area (Å²) in [5.41, 5.74) is 3.40. The molecule has 4 heteroatoms. The minimum Gasteiger partial charge on any atom is -0.457 e. The largest absolute Gasteiger partial charge is 0.457 e. The molecule has 154 valence electrons. The number of hydrogen-bond donors (Lipinski definition) is 0. The molecular formula is C25H32N2O2. The standard InChI is InChI=1S/C25H32N2O2/c1-6-8-17-27(7-2)25(28)21(5)26-20(4)19(3)22-13-12-16-24(18-22)29-23-14-10-9-11-15-23/h9-16,18H,6-8,17H2,1-5H3/b20-19+,26-21?. The first-order chi connectivity index (χ1) is 14.0. The van der Waals surface area contributed by atoms with Gasteiger partial charge in [0.2, 0.25) is 0 Å². The third kappa shape index (κ3) is 6.60. The summed E-state index contributed by atoms with van der Waals surface area (Å²) in [4.78, 5) is 19.2. The molecular weight excluding hydrogens is 360 g/mol. The molecule has 2 rings (SSSR count). The highest BCUT2D eigenvalue weighted by molar-refractivity contribution is 6.38. The number of ether oxygens (including phenoxy) is 1. The number of hydrogen-bond acceptors (Lipinski definition) is 3. The van der Waals surface area contributed by atoms with E-state index in [9.17, 15) is 4.79 Å². The minimum absolute atomic E-state index is 0.00858. The second-order valence-corrected chi connectivity index (χ2v) is 7.09. The number of rotatable bonds is 9. The summed E-state index contributed by atoms with van der Waals surface area (Å²) in [5.74, 6) is 1.58. The molecule has 0 bridgehead atoms. The van der Waals surface area contributed by atoms with Gasteiger partial charge in [0.1, 0.15) is 17.2 Å². The number of carbonyl (C=O) groups excluding carboxylic acids is 1. The van der Waals surface area contributed by atoms with Gasteiger partial charge in [-0.25, -0.2) is 0 Å². The van der Waals surface area contributed by atoms with E-state index in [2.05, 4.69) is 11.9 Å². The van der Waals surface area contributed by atoms with Crippen molar-refractivity contribution in [1.29, 1.82) is 0 Å². The van der Waals surface area contributed by atoms with E-state index in [-0.39, 0.29) is 5.91 Å². The van der Waals surface area contributed by atoms with E-state index in [4.69, 9.17) is 4.74 Å². The molecule has 0 N–H and O–H groups in total. The molecule has 2 aromatic carbocycles. The van der Waals surface area contributed by atoms with E-state index in [0.717, 1.165) is 47.7 Å². The first kappa shape index (κ1) is 22.4. The molecule has 0 aliphatic carbocycles. The van der Waals surface area contributed by atoms with Gasteiger partial charge in [-0.05, 0) is 69.5 Å². The maximum absolute atomic E-state index is 12.7. The summed E-state index contributed by atoms with van der Waals surface area (Å²) in [7, 11) is 0. The third-order valence-electron chi connectivity index (χ3n) is 4.88. The van der Waals surface area contributed by atoms with Crippen LogP contribution in [0.1, 0.15) is 53.0 Å². The predicted molar refractivity (Wildman–Crippen MR) is 121 cm³/mol. The Hall–Kier alpha value is -2.88. The van der Waals surface area contributed by atoms with Crippen molar-refractivity contribution in [2.75, 3.05) is 13.1 Å². The van der Waals surface area contributed by atoms with Crippen LogP contribution in [-0.4, -0.2) is 29.6 Å². The Morgan fingerprint density at radius 3 is 2.31 bits per heavy atom. The number of carbonyl (C=O) groups is 1. The van der Waals surface area contributed by atoms with E-state index < -0.39 is 0 Å². The van der Waals surface area contributed by atoms with Crippen LogP contribution in [0.25, 0.3) is 5.57 Å². The number of allylic oxidation sites excluding steroid dienone is 2. The van der Waals surface area contributed by atoms with Crippen molar-refractivity contribution in [3.63, 3.8) is 0 Å². The van der Waals surface area contributed by atoms with Crippen molar-refractivity contribution < 1.29 is 9.53 Å². The van der Waals surface area contributed by atoms with Crippen LogP contribution in [0.4, 0.5) is 0 Å². The summed E-state index contributed by atoms with van der Waals surface area (Å²) >= 11 is 0. The highest BCUT2D eigenvalue weighted by Gasteiger charge is 2.14. The van der Waals surface area contributed by atoms with Crippen molar-refractivity contribution in [3.8, 4) is 11.5 Å². The van der Waals surface area contributed by atoms with Gasteiger partial charge in [0.25, 0.3) is 5.91 Å². The van der Waals surface area contributed by atoms with Crippen LogP contribution in [0.3, 0.4) is 0 Å². The van der Waals surface area contributed by atoms with Gasteiger partial charge in [-0.1, -0.05) is 43.7 Å². The van der Waals surface area contributed by atoms with Crippen LogP contribution < -0.4 is 4.74 Å². The Morgan fingerprint density at radius 1 is 0.966 bits per heavy atom. The van der Waals surface area contributed by atoms with Crippen molar-refractivity contribution in [2.45, 2.75) is 47.5 Å². The van der Waals surface area contributed by atoms with Crippen LogP contribution in [0.15, 0.2) is 65.3 Å². The quantitative estimate of drug-likeness (QED) is 0.467. The lowest BCUT2D eigenvalue weighted by Gasteiger charge is -2.20. The monoisotopic (exact) mass is 392 g/mol. The molecule has 0 fully saturated rings. The fourth-order valence-corrected chi connectivity index (χ4v) is 2.99. The molecule has 0 saturated heterocycles. The lowest BCUT2D eigenvalue weighted by molar-refractivity contribution is -0.124. The summed E-state index contributed by atoms with van der Waals surface area (Å²) in [6.45, 7) is 11.4. The molecule has 0 aliphatic rings. The SMILES string of the molecule is CCCCN(CC)C(=O)C(C)=N/C(C)=C(\C)c1cccc(Oc2ccccc2)c1. The number of unbranched alkanes of at least 4 members (excludes halogenated alkanes) is 1. The zero-order chi connectivity index (χ0) is 21.2. The molecule has 0 aliphatic heterocycles. The number of aliphatic imine (C=N–C) groups is 1. The van der Waals surface area contributed by atoms with E-state index in [1.54, 1.807) is 6.92 Å². The molecule has 2 aromatic rings. The van der Waals surface area contributed by atoms with Crippen molar-refractivity contribution in [3.05, 3.63) is 65.9 Å². The number of para-hydroxylation sites is 1. The fraction of sp³-hybridized carbons (Fsp3) is 0.360. The lowest BCUT2D eigenvalue weighted by Crippen LogP contribution is -2.36. The van der Waals surface area contributed by atoms with Crippen molar-refractivity contribution in [1.82, 2.24) is 4.90 Å². The smallest absolute Gasteiger partial charge is 0.267 e. The Bertz CT molecular complexity index is 869. The Kier molecular flexibility index (Phi) is 8.66. The second-order valence-electron chi connectivity index (χ2n) is 7.09. The second kappa shape index (κ2) is 11.2. The summed E-state index contributed by atoms with van der Waals surface area (Å²) in [5, 5.41) is 0. The molecule has 0 saturated carbocycles. The fourth-order valence-electron chi connectivity index (χ4n) is 2.99. The van der Waals surface area contributed by atoms with E-state index >= 15 is 0 Å². The topological polar surface area (TPSA) is 41.9 Å². The predicted octanol–water partition coefficient (Wildman–Crippen LogP) is 6.34. The molecule has 4 nitrogen and oxygen atoms in total. The highest BCUT2D eigenvalue weighted by atomic mass is 16.5. The third-order valence-corrected chi connectivity index (χ3v) is 4.88. The van der Waals surface area contributed by atoms with Crippen molar-refractivity contribution >= 4 is 17.2 Å². The van der Waals surface area contributed by atoms with Crippen LogP contribution in [0, 0.1) is 0 Å². The van der Waals surface area contributed by atoms with Gasteiger partial charge in [-0.2, -0.15) is 0 Å². The Morgan fingerprint density at radius 2 is 1.66 bits per heavy atom.